The van der Waals surface area contributed by atoms with E-state index in [1.165, 1.54) is 0 Å². The molecule has 128 valence electrons. The van der Waals surface area contributed by atoms with Crippen LogP contribution in [0.15, 0.2) is 0 Å². The molecule has 0 aromatic heterocycles. The summed E-state index contributed by atoms with van der Waals surface area (Å²) in [6, 6.07) is 0.893. The third-order valence-corrected chi connectivity index (χ3v) is 12.2. The quantitative estimate of drug-likeness (QED) is 0.457. The molecule has 0 aromatic rings. The summed E-state index contributed by atoms with van der Waals surface area (Å²) in [4.78, 5) is 3.79. The van der Waals surface area contributed by atoms with Crippen molar-refractivity contribution in [2.24, 2.45) is 0 Å². The zero-order chi connectivity index (χ0) is 16.6. The molecule has 0 amide bonds. The maximum absolute atomic E-state index is 5.89. The summed E-state index contributed by atoms with van der Waals surface area (Å²) in [5.74, 6) is 0. The molecule has 0 saturated carbocycles. The third kappa shape index (κ3) is 7.39. The molecule has 0 saturated heterocycles. The van der Waals surface area contributed by atoms with Crippen LogP contribution in [-0.2, 0) is 13.3 Å². The first-order valence-corrected chi connectivity index (χ1v) is 13.2. The van der Waals surface area contributed by atoms with Gasteiger partial charge in [-0.2, -0.15) is 0 Å². The summed E-state index contributed by atoms with van der Waals surface area (Å²) in [6.45, 7) is 20.8. The smallest absolute Gasteiger partial charge is 0.374 e. The maximum atomic E-state index is 5.89. The Bertz CT molecular complexity index is 264. The van der Waals surface area contributed by atoms with E-state index < -0.39 is 17.0 Å². The highest BCUT2D eigenvalue weighted by atomic mass is 28.4. The van der Waals surface area contributed by atoms with Crippen LogP contribution >= 0.6 is 0 Å². The fourth-order valence-corrected chi connectivity index (χ4v) is 5.92. The summed E-state index contributed by atoms with van der Waals surface area (Å²) >= 11 is 0. The predicted octanol–water partition coefficient (Wildman–Crippen LogP) is 4.02. The summed E-state index contributed by atoms with van der Waals surface area (Å²) < 4.78 is 17.7. The van der Waals surface area contributed by atoms with Crippen molar-refractivity contribution in [2.45, 2.75) is 72.1 Å². The van der Waals surface area contributed by atoms with E-state index in [2.05, 4.69) is 38.8 Å². The Labute approximate surface area is 134 Å². The van der Waals surface area contributed by atoms with Crippen LogP contribution in [0.5, 0.6) is 0 Å². The zero-order valence-corrected chi connectivity index (χ0v) is 17.5. The largest absolute Gasteiger partial charge is 0.500 e. The molecule has 0 spiro atoms. The first kappa shape index (κ1) is 21.3. The molecule has 0 fully saturated rings. The minimum Gasteiger partial charge on any atom is -0.374 e. The van der Waals surface area contributed by atoms with Crippen LogP contribution in [-0.4, -0.2) is 43.4 Å². The van der Waals surface area contributed by atoms with E-state index in [0.29, 0.717) is 24.9 Å². The van der Waals surface area contributed by atoms with Crippen molar-refractivity contribution in [3.63, 3.8) is 0 Å². The fourth-order valence-electron chi connectivity index (χ4n) is 1.97. The maximum Gasteiger partial charge on any atom is 0.500 e. The van der Waals surface area contributed by atoms with Gasteiger partial charge in [-0.05, 0) is 38.8 Å². The molecule has 0 radical (unpaired) electrons. The molecule has 1 N–H and O–H groups in total. The van der Waals surface area contributed by atoms with Crippen molar-refractivity contribution < 1.29 is 13.3 Å². The fraction of sp³-hybridized carbons (Fsp3) is 1.00. The van der Waals surface area contributed by atoms with Gasteiger partial charge < -0.3 is 18.3 Å². The van der Waals surface area contributed by atoms with Crippen molar-refractivity contribution in [2.75, 3.05) is 26.4 Å². The van der Waals surface area contributed by atoms with Crippen molar-refractivity contribution in [1.29, 1.82) is 0 Å². The molecule has 0 aliphatic carbocycles. The van der Waals surface area contributed by atoms with Gasteiger partial charge in [-0.3, -0.25) is 0 Å². The van der Waals surface area contributed by atoms with E-state index in [1.54, 1.807) is 0 Å². The molecule has 0 heterocycles. The third-order valence-electron chi connectivity index (χ3n) is 4.19. The van der Waals surface area contributed by atoms with Gasteiger partial charge >= 0.3 is 8.80 Å². The topological polar surface area (TPSA) is 39.7 Å². The number of rotatable bonds is 11. The van der Waals surface area contributed by atoms with Gasteiger partial charge in [-0.15, -0.1) is 0 Å². The summed E-state index contributed by atoms with van der Waals surface area (Å²) in [5.41, 5.74) is 0. The van der Waals surface area contributed by atoms with E-state index >= 15 is 0 Å². The summed E-state index contributed by atoms with van der Waals surface area (Å²) in [6.07, 6.45) is 1.04. The molecular formula is C15H37NO3Si2. The first-order chi connectivity index (χ1) is 9.64. The molecule has 0 aliphatic rings. The Morgan fingerprint density at radius 3 is 1.62 bits per heavy atom. The van der Waals surface area contributed by atoms with Gasteiger partial charge in [0.05, 0.1) is 0 Å². The Hall–Kier alpha value is 0.274. The number of nitrogens with one attached hydrogen (secondary N) is 1. The second kappa shape index (κ2) is 9.42. The average molecular weight is 336 g/mol. The lowest BCUT2D eigenvalue weighted by Gasteiger charge is -2.37. The van der Waals surface area contributed by atoms with E-state index in [-0.39, 0.29) is 0 Å². The molecule has 0 aliphatic heterocycles. The van der Waals surface area contributed by atoms with Gasteiger partial charge in [0, 0.05) is 25.9 Å². The zero-order valence-electron chi connectivity index (χ0n) is 15.5. The first-order valence-electron chi connectivity index (χ1n) is 8.31. The lowest BCUT2D eigenvalue weighted by molar-refractivity contribution is 0.0709. The normalized spacial score (nSPS) is 13.7. The van der Waals surface area contributed by atoms with E-state index in [0.717, 1.165) is 19.0 Å². The lowest BCUT2D eigenvalue weighted by Crippen LogP contribution is -2.53. The molecule has 0 rings (SSSR count). The van der Waals surface area contributed by atoms with Gasteiger partial charge in [0.15, 0.2) is 0 Å². The molecule has 0 aromatic carbocycles. The molecule has 21 heavy (non-hydrogen) atoms. The summed E-state index contributed by atoms with van der Waals surface area (Å²) in [5, 5.41) is 0.362. The van der Waals surface area contributed by atoms with Crippen LogP contribution < -0.4 is 4.98 Å². The standard InChI is InChI=1S/C15H37NO3Si2/c1-9-17-21(18-10-2,19-11-3)14-12-13-16-20(7,8)15(4,5)6/h16H,9-14H2,1-8H3. The van der Waals surface area contributed by atoms with Crippen LogP contribution in [0.1, 0.15) is 48.0 Å². The van der Waals surface area contributed by atoms with Crippen LogP contribution in [0.4, 0.5) is 0 Å². The van der Waals surface area contributed by atoms with Crippen LogP contribution in [0.3, 0.4) is 0 Å². The van der Waals surface area contributed by atoms with Crippen molar-refractivity contribution in [3.05, 3.63) is 0 Å². The Morgan fingerprint density at radius 2 is 1.29 bits per heavy atom. The van der Waals surface area contributed by atoms with E-state index in [9.17, 15) is 0 Å². The SMILES string of the molecule is CCO[Si](CCCN[Si](C)(C)C(C)(C)C)(OCC)OCC. The van der Waals surface area contributed by atoms with Crippen LogP contribution in [0.2, 0.25) is 24.2 Å². The molecular weight excluding hydrogens is 298 g/mol. The number of hydrogen-bond acceptors (Lipinski definition) is 4. The van der Waals surface area contributed by atoms with Crippen molar-refractivity contribution >= 4 is 17.0 Å². The minimum atomic E-state index is -2.46. The van der Waals surface area contributed by atoms with E-state index in [4.69, 9.17) is 13.3 Å². The Kier molecular flexibility index (Phi) is 9.54. The highest BCUT2D eigenvalue weighted by molar-refractivity contribution is 6.77. The number of hydrogen-bond donors (Lipinski definition) is 1. The Balaban J connectivity index is 4.43. The van der Waals surface area contributed by atoms with Gasteiger partial charge in [-0.1, -0.05) is 33.9 Å². The minimum absolute atomic E-state index is 0.362. The summed E-state index contributed by atoms with van der Waals surface area (Å²) in [7, 11) is -3.88. The highest BCUT2D eigenvalue weighted by Gasteiger charge is 2.40. The molecule has 0 atom stereocenters. The van der Waals surface area contributed by atoms with Crippen LogP contribution in [0, 0.1) is 0 Å². The Morgan fingerprint density at radius 1 is 0.857 bits per heavy atom. The van der Waals surface area contributed by atoms with Gasteiger partial charge in [-0.25, -0.2) is 0 Å². The second-order valence-electron chi connectivity index (χ2n) is 6.89. The van der Waals surface area contributed by atoms with E-state index in [1.807, 2.05) is 20.8 Å². The monoisotopic (exact) mass is 335 g/mol. The average Bonchev–Trinajstić information content (AvgIpc) is 2.34. The lowest BCUT2D eigenvalue weighted by atomic mass is 10.2. The van der Waals surface area contributed by atoms with Crippen molar-refractivity contribution in [1.82, 2.24) is 4.98 Å². The van der Waals surface area contributed by atoms with Crippen molar-refractivity contribution in [3.8, 4) is 0 Å². The van der Waals surface area contributed by atoms with Gasteiger partial charge in [0.2, 0.25) is 0 Å². The predicted molar refractivity (Wildman–Crippen MR) is 95.3 cm³/mol. The molecule has 6 heteroatoms. The molecule has 0 unspecified atom stereocenters. The molecule has 4 nitrogen and oxygen atoms in total. The second-order valence-corrected chi connectivity index (χ2v) is 14.7. The van der Waals surface area contributed by atoms with Gasteiger partial charge in [0.25, 0.3) is 0 Å². The van der Waals surface area contributed by atoms with Gasteiger partial charge in [0.1, 0.15) is 8.24 Å². The molecule has 0 bridgehead atoms. The van der Waals surface area contributed by atoms with Crippen LogP contribution in [0.25, 0.3) is 0 Å². The highest BCUT2D eigenvalue weighted by Crippen LogP contribution is 2.33.